The van der Waals surface area contributed by atoms with Gasteiger partial charge in [-0.15, -0.1) is 0 Å². The van der Waals surface area contributed by atoms with E-state index in [1.807, 2.05) is 0 Å². The van der Waals surface area contributed by atoms with Gasteiger partial charge in [0.05, 0.1) is 21.7 Å². The maximum atomic E-state index is 11.8. The van der Waals surface area contributed by atoms with Crippen LogP contribution in [-0.2, 0) is 14.3 Å². The van der Waals surface area contributed by atoms with Gasteiger partial charge in [-0.3, -0.25) is 9.59 Å². The van der Waals surface area contributed by atoms with Gasteiger partial charge in [0.25, 0.3) is 0 Å². The third-order valence-electron chi connectivity index (χ3n) is 3.97. The maximum absolute atomic E-state index is 11.8. The summed E-state index contributed by atoms with van der Waals surface area (Å²) in [6.45, 7) is 2.64. The largest absolute Gasteiger partial charge is 0.466 e. The Morgan fingerprint density at radius 3 is 2.07 bits per heavy atom. The lowest BCUT2D eigenvalue weighted by Gasteiger charge is -2.08. The number of carbonyl (C=O) groups is 2. The number of benzene rings is 1. The van der Waals surface area contributed by atoms with Gasteiger partial charge < -0.3 is 9.47 Å². The molecule has 0 aliphatic rings. The van der Waals surface area contributed by atoms with Crippen LogP contribution in [0.5, 0.6) is 5.75 Å². The first kappa shape index (κ1) is 24.1. The van der Waals surface area contributed by atoms with Crippen LogP contribution in [0.4, 0.5) is 0 Å². The van der Waals surface area contributed by atoms with Crippen molar-refractivity contribution in [2.45, 2.75) is 71.1 Å². The van der Waals surface area contributed by atoms with E-state index in [4.69, 9.17) is 44.3 Å². The summed E-state index contributed by atoms with van der Waals surface area (Å²) in [5, 5.41) is 0.731. The molecule has 7 heteroatoms. The highest BCUT2D eigenvalue weighted by Gasteiger charge is 2.12. The Bertz CT molecular complexity index is 605. The van der Waals surface area contributed by atoms with Crippen LogP contribution >= 0.6 is 34.8 Å². The first-order valence-electron chi connectivity index (χ1n) is 9.45. The Kier molecular flexibility index (Phi) is 12.6. The smallest absolute Gasteiger partial charge is 0.311 e. The Morgan fingerprint density at radius 1 is 0.778 bits per heavy atom. The number of unbranched alkanes of at least 4 members (excludes halogenated alkanes) is 6. The fourth-order valence-electron chi connectivity index (χ4n) is 2.45. The van der Waals surface area contributed by atoms with Crippen LogP contribution in [0.15, 0.2) is 12.1 Å². The minimum Gasteiger partial charge on any atom is -0.466 e. The minimum atomic E-state index is -0.491. The molecule has 0 saturated carbocycles. The summed E-state index contributed by atoms with van der Waals surface area (Å²) in [6.07, 6.45) is 8.81. The van der Waals surface area contributed by atoms with E-state index in [9.17, 15) is 9.59 Å². The van der Waals surface area contributed by atoms with E-state index in [1.54, 1.807) is 0 Å². The number of carbonyl (C=O) groups excluding carboxylic acids is 2. The van der Waals surface area contributed by atoms with E-state index in [2.05, 4.69) is 6.92 Å². The third kappa shape index (κ3) is 10.8. The van der Waals surface area contributed by atoms with E-state index < -0.39 is 5.97 Å². The summed E-state index contributed by atoms with van der Waals surface area (Å²) in [4.78, 5) is 23.5. The molecule has 0 fully saturated rings. The SMILES string of the molecule is CCCCCCCCCOC(=O)CCCC(=O)Oc1cc(Cl)c(Cl)cc1Cl. The van der Waals surface area contributed by atoms with Gasteiger partial charge >= 0.3 is 11.9 Å². The van der Waals surface area contributed by atoms with Gasteiger partial charge in [-0.2, -0.15) is 0 Å². The first-order valence-corrected chi connectivity index (χ1v) is 10.6. The standard InChI is InChI=1S/C20H27Cl3O4/c1-2-3-4-5-6-7-8-12-26-19(24)10-9-11-20(25)27-18-14-16(22)15(21)13-17(18)23/h13-14H,2-12H2,1H3. The number of halogens is 3. The number of ether oxygens (including phenoxy) is 2. The lowest BCUT2D eigenvalue weighted by atomic mass is 10.1. The molecule has 0 heterocycles. The Hall–Kier alpha value is -0.970. The van der Waals surface area contributed by atoms with E-state index in [1.165, 1.54) is 44.2 Å². The van der Waals surface area contributed by atoms with Gasteiger partial charge in [0.1, 0.15) is 0 Å². The predicted octanol–water partition coefficient (Wildman–Crippen LogP) is 7.02. The van der Waals surface area contributed by atoms with Crippen molar-refractivity contribution in [1.82, 2.24) is 0 Å². The molecule has 0 aromatic heterocycles. The average molecular weight is 438 g/mol. The van der Waals surface area contributed by atoms with Crippen molar-refractivity contribution >= 4 is 46.7 Å². The molecule has 0 unspecified atom stereocenters. The quantitative estimate of drug-likeness (QED) is 0.144. The van der Waals surface area contributed by atoms with E-state index in [0.717, 1.165) is 12.8 Å². The molecule has 0 spiro atoms. The van der Waals surface area contributed by atoms with Crippen molar-refractivity contribution in [2.75, 3.05) is 6.61 Å². The first-order chi connectivity index (χ1) is 12.9. The van der Waals surface area contributed by atoms with Gasteiger partial charge in [-0.1, -0.05) is 80.3 Å². The van der Waals surface area contributed by atoms with Gasteiger partial charge in [0, 0.05) is 18.9 Å². The summed E-state index contributed by atoms with van der Waals surface area (Å²) in [5.41, 5.74) is 0. The molecule has 0 radical (unpaired) electrons. The molecule has 0 bridgehead atoms. The second-order valence-corrected chi connectivity index (χ2v) is 7.59. The molecule has 1 aromatic carbocycles. The highest BCUT2D eigenvalue weighted by molar-refractivity contribution is 6.43. The molecular formula is C20H27Cl3O4. The van der Waals surface area contributed by atoms with Crippen LogP contribution in [0.25, 0.3) is 0 Å². The fourth-order valence-corrected chi connectivity index (χ4v) is 3.03. The Morgan fingerprint density at radius 2 is 1.37 bits per heavy atom. The summed E-state index contributed by atoms with van der Waals surface area (Å²) < 4.78 is 10.3. The lowest BCUT2D eigenvalue weighted by Crippen LogP contribution is -2.11. The van der Waals surface area contributed by atoms with Crippen LogP contribution < -0.4 is 4.74 Å². The highest BCUT2D eigenvalue weighted by atomic mass is 35.5. The number of hydrogen-bond acceptors (Lipinski definition) is 4. The normalized spacial score (nSPS) is 10.7. The number of hydrogen-bond donors (Lipinski definition) is 0. The summed E-state index contributed by atoms with van der Waals surface area (Å²) in [7, 11) is 0. The predicted molar refractivity (Wildman–Crippen MR) is 110 cm³/mol. The molecule has 152 valence electrons. The summed E-state index contributed by atoms with van der Waals surface area (Å²) in [6, 6.07) is 2.80. The molecule has 1 aromatic rings. The minimum absolute atomic E-state index is 0.0864. The van der Waals surface area contributed by atoms with Crippen molar-refractivity contribution in [1.29, 1.82) is 0 Å². The molecule has 4 nitrogen and oxygen atoms in total. The number of rotatable bonds is 13. The van der Waals surface area contributed by atoms with E-state index in [0.29, 0.717) is 13.0 Å². The molecular weight excluding hydrogens is 411 g/mol. The second-order valence-electron chi connectivity index (χ2n) is 6.37. The van der Waals surface area contributed by atoms with Crippen LogP contribution in [0.2, 0.25) is 15.1 Å². The zero-order valence-corrected chi connectivity index (χ0v) is 18.0. The third-order valence-corrected chi connectivity index (χ3v) is 4.99. The molecule has 0 saturated heterocycles. The van der Waals surface area contributed by atoms with Crippen molar-refractivity contribution in [3.8, 4) is 5.75 Å². The second kappa shape index (κ2) is 14.1. The maximum Gasteiger partial charge on any atom is 0.311 e. The van der Waals surface area contributed by atoms with Crippen LogP contribution in [0, 0.1) is 0 Å². The zero-order valence-electron chi connectivity index (χ0n) is 15.7. The average Bonchev–Trinajstić information content (AvgIpc) is 2.62. The van der Waals surface area contributed by atoms with Crippen LogP contribution in [0.1, 0.15) is 71.1 Å². The Balaban J connectivity index is 2.12. The van der Waals surface area contributed by atoms with Gasteiger partial charge in [-0.05, 0) is 18.9 Å². The van der Waals surface area contributed by atoms with E-state index in [-0.39, 0.29) is 39.6 Å². The Labute approximate surface area is 176 Å². The summed E-state index contributed by atoms with van der Waals surface area (Å²) in [5.74, 6) is -0.630. The van der Waals surface area contributed by atoms with Crippen LogP contribution in [0.3, 0.4) is 0 Å². The van der Waals surface area contributed by atoms with Crippen molar-refractivity contribution in [2.24, 2.45) is 0 Å². The molecule has 0 atom stereocenters. The van der Waals surface area contributed by atoms with Crippen molar-refractivity contribution < 1.29 is 19.1 Å². The zero-order chi connectivity index (χ0) is 20.1. The summed E-state index contributed by atoms with van der Waals surface area (Å²) >= 11 is 17.7. The van der Waals surface area contributed by atoms with Crippen molar-refractivity contribution in [3.05, 3.63) is 27.2 Å². The molecule has 0 aliphatic carbocycles. The van der Waals surface area contributed by atoms with Crippen molar-refractivity contribution in [3.63, 3.8) is 0 Å². The molecule has 1 rings (SSSR count). The lowest BCUT2D eigenvalue weighted by molar-refractivity contribution is -0.144. The highest BCUT2D eigenvalue weighted by Crippen LogP contribution is 2.34. The molecule has 0 N–H and O–H groups in total. The van der Waals surface area contributed by atoms with Gasteiger partial charge in [0.2, 0.25) is 0 Å². The number of esters is 2. The molecule has 0 aliphatic heterocycles. The van der Waals surface area contributed by atoms with Crippen LogP contribution in [-0.4, -0.2) is 18.5 Å². The fraction of sp³-hybridized carbons (Fsp3) is 0.600. The molecule has 27 heavy (non-hydrogen) atoms. The van der Waals surface area contributed by atoms with Gasteiger partial charge in [-0.25, -0.2) is 0 Å². The van der Waals surface area contributed by atoms with Gasteiger partial charge in [0.15, 0.2) is 5.75 Å². The molecule has 0 amide bonds. The van der Waals surface area contributed by atoms with E-state index >= 15 is 0 Å². The monoisotopic (exact) mass is 436 g/mol. The topological polar surface area (TPSA) is 52.6 Å².